The van der Waals surface area contributed by atoms with E-state index < -0.39 is 0 Å². The van der Waals surface area contributed by atoms with Crippen molar-refractivity contribution in [2.75, 3.05) is 27.2 Å². The second-order valence-electron chi connectivity index (χ2n) is 7.40. The van der Waals surface area contributed by atoms with E-state index in [0.29, 0.717) is 24.6 Å². The van der Waals surface area contributed by atoms with Crippen LogP contribution in [-0.4, -0.2) is 49.2 Å². The number of rotatable bonds is 9. The van der Waals surface area contributed by atoms with Gasteiger partial charge in [0, 0.05) is 39.3 Å². The molecule has 2 amide bonds. The number of amides is 2. The zero-order valence-corrected chi connectivity index (χ0v) is 20.2. The molecule has 9 heteroatoms. The van der Waals surface area contributed by atoms with Crippen molar-refractivity contribution in [1.82, 2.24) is 9.80 Å². The Bertz CT molecular complexity index is 780. The summed E-state index contributed by atoms with van der Waals surface area (Å²) >= 11 is 0. The number of nitrogens with zero attached hydrogens (tertiary/aromatic N) is 4. The Kier molecular flexibility index (Phi) is 11.6. The molecule has 0 saturated carbocycles. The normalized spacial score (nSPS) is 10.1. The van der Waals surface area contributed by atoms with Crippen LogP contribution in [0.25, 0.3) is 0 Å². The predicted octanol–water partition coefficient (Wildman–Crippen LogP) is -0.539. The molecule has 2 rings (SSSR count). The van der Waals surface area contributed by atoms with Crippen LogP contribution in [0, 0.1) is 0 Å². The largest absolute Gasteiger partial charge is 1.00 e. The molecule has 31 heavy (non-hydrogen) atoms. The van der Waals surface area contributed by atoms with Gasteiger partial charge in [-0.15, -0.1) is 0 Å². The molecule has 8 nitrogen and oxygen atoms in total. The summed E-state index contributed by atoms with van der Waals surface area (Å²) in [6.07, 6.45) is 10.2. The zero-order valence-electron chi connectivity index (χ0n) is 18.7. The van der Waals surface area contributed by atoms with Gasteiger partial charge in [0.2, 0.25) is 12.4 Å². The lowest BCUT2D eigenvalue weighted by Crippen LogP contribution is -3.00. The second-order valence-corrected chi connectivity index (χ2v) is 7.40. The summed E-state index contributed by atoms with van der Waals surface area (Å²) in [7, 11) is 7.22. The summed E-state index contributed by atoms with van der Waals surface area (Å²) in [6, 6.07) is 7.17. The average Bonchev–Trinajstić information content (AvgIpc) is 2.70. The Hall–Kier alpha value is -2.68. The minimum Gasteiger partial charge on any atom is -1.00 e. The van der Waals surface area contributed by atoms with Crippen molar-refractivity contribution in [3.05, 3.63) is 49.1 Å². The highest BCUT2D eigenvalue weighted by Gasteiger charge is 2.14. The van der Waals surface area contributed by atoms with Crippen LogP contribution in [0.15, 0.2) is 49.1 Å². The summed E-state index contributed by atoms with van der Waals surface area (Å²) in [5.41, 5.74) is 0. The van der Waals surface area contributed by atoms with Gasteiger partial charge in [-0.25, -0.2) is 18.7 Å². The third-order valence-electron chi connectivity index (χ3n) is 4.60. The molecule has 0 aromatic carbocycles. The molecule has 0 unspecified atom stereocenters. The fourth-order valence-electron chi connectivity index (χ4n) is 2.83. The standard InChI is InChI=1S/C22H32N4O4.BrH/c1-23-13-9-11-19(17-23)29-21(27)25(3)15-7-5-6-8-16-26(4)22(28)30-20-12-10-14-24(2)18-20;/h9-14,17-18H,5-8,15-16H2,1-4H3;1H/q+2;/p-1. The minimum absolute atomic E-state index is 0. The molecule has 0 N–H and O–H groups in total. The fraction of sp³-hybridized carbons (Fsp3) is 0.455. The van der Waals surface area contributed by atoms with Gasteiger partial charge in [-0.3, -0.25) is 0 Å². The van der Waals surface area contributed by atoms with Gasteiger partial charge in [-0.05, 0) is 25.0 Å². The van der Waals surface area contributed by atoms with Crippen molar-refractivity contribution in [2.45, 2.75) is 25.7 Å². The molecular weight excluding hydrogens is 464 g/mol. The van der Waals surface area contributed by atoms with Crippen LogP contribution in [-0.2, 0) is 14.1 Å². The molecule has 2 heterocycles. The summed E-state index contributed by atoms with van der Waals surface area (Å²) in [5, 5.41) is 0. The molecule has 0 atom stereocenters. The Morgan fingerprint density at radius 3 is 1.52 bits per heavy atom. The molecule has 0 aliphatic rings. The van der Waals surface area contributed by atoms with Crippen molar-refractivity contribution in [1.29, 1.82) is 0 Å². The van der Waals surface area contributed by atoms with Crippen LogP contribution in [0.2, 0.25) is 0 Å². The molecule has 0 spiro atoms. The first-order chi connectivity index (χ1) is 14.3. The van der Waals surface area contributed by atoms with Gasteiger partial charge < -0.3 is 36.3 Å². The second kappa shape index (κ2) is 13.6. The van der Waals surface area contributed by atoms with Crippen molar-refractivity contribution in [2.24, 2.45) is 14.1 Å². The van der Waals surface area contributed by atoms with Crippen LogP contribution in [0.4, 0.5) is 9.59 Å². The van der Waals surface area contributed by atoms with Crippen LogP contribution >= 0.6 is 0 Å². The summed E-state index contributed by atoms with van der Waals surface area (Å²) in [6.45, 7) is 1.25. The number of hydrogen-bond acceptors (Lipinski definition) is 4. The molecule has 0 radical (unpaired) electrons. The van der Waals surface area contributed by atoms with E-state index in [1.807, 2.05) is 47.8 Å². The van der Waals surface area contributed by atoms with Crippen molar-refractivity contribution in [3.63, 3.8) is 0 Å². The van der Waals surface area contributed by atoms with E-state index in [-0.39, 0.29) is 29.2 Å². The number of carbonyl (C=O) groups excluding carboxylic acids is 2. The van der Waals surface area contributed by atoms with Crippen LogP contribution in [0.1, 0.15) is 25.7 Å². The van der Waals surface area contributed by atoms with Crippen molar-refractivity contribution < 1.29 is 45.2 Å². The van der Waals surface area contributed by atoms with E-state index in [9.17, 15) is 9.59 Å². The predicted molar refractivity (Wildman–Crippen MR) is 111 cm³/mol. The maximum atomic E-state index is 12.1. The Morgan fingerprint density at radius 2 is 1.16 bits per heavy atom. The van der Waals surface area contributed by atoms with E-state index in [0.717, 1.165) is 25.7 Å². The Labute approximate surface area is 194 Å². The van der Waals surface area contributed by atoms with Gasteiger partial charge in [0.15, 0.2) is 23.9 Å². The smallest absolute Gasteiger partial charge is 0.415 e. The molecular formula is C22H32BrN4O4+. The number of aryl methyl sites for hydroxylation is 2. The number of pyridine rings is 2. The lowest BCUT2D eigenvalue weighted by Gasteiger charge is -2.17. The number of hydrogen-bond donors (Lipinski definition) is 0. The summed E-state index contributed by atoms with van der Waals surface area (Å²) in [5.74, 6) is 1.05. The quantitative estimate of drug-likeness (QED) is 0.346. The number of unbranched alkanes of at least 4 members (excludes halogenated alkanes) is 3. The average molecular weight is 496 g/mol. The molecule has 0 aliphatic heterocycles. The minimum atomic E-state index is -0.363. The monoisotopic (exact) mass is 495 g/mol. The lowest BCUT2D eigenvalue weighted by atomic mass is 10.2. The van der Waals surface area contributed by atoms with Crippen LogP contribution < -0.4 is 35.6 Å². The highest BCUT2D eigenvalue weighted by molar-refractivity contribution is 5.70. The SMILES string of the molecule is CN(CCCCCCN(C)C(=O)Oc1ccc[n+](C)c1)C(=O)Oc1ccc[n+](C)c1.[Br-]. The molecule has 0 aliphatic carbocycles. The number of aromatic nitrogens is 2. The number of carbonyl (C=O) groups is 2. The van der Waals surface area contributed by atoms with Crippen molar-refractivity contribution in [3.8, 4) is 11.5 Å². The van der Waals surface area contributed by atoms with E-state index in [1.54, 1.807) is 48.4 Å². The van der Waals surface area contributed by atoms with Crippen LogP contribution in [0.3, 0.4) is 0 Å². The van der Waals surface area contributed by atoms with E-state index in [1.165, 1.54) is 0 Å². The van der Waals surface area contributed by atoms with Gasteiger partial charge >= 0.3 is 12.2 Å². The maximum Gasteiger partial charge on any atom is 0.415 e. The van der Waals surface area contributed by atoms with Crippen molar-refractivity contribution >= 4 is 12.2 Å². The summed E-state index contributed by atoms with van der Waals surface area (Å²) in [4.78, 5) is 27.4. The van der Waals surface area contributed by atoms with Gasteiger partial charge in [-0.2, -0.15) is 0 Å². The molecule has 0 fully saturated rings. The third-order valence-corrected chi connectivity index (χ3v) is 4.60. The van der Waals surface area contributed by atoms with Gasteiger partial charge in [0.25, 0.3) is 0 Å². The van der Waals surface area contributed by atoms with Crippen LogP contribution in [0.5, 0.6) is 11.5 Å². The third kappa shape index (κ3) is 9.78. The number of ether oxygens (including phenoxy) is 2. The summed E-state index contributed by atoms with van der Waals surface area (Å²) < 4.78 is 14.4. The molecule has 170 valence electrons. The molecule has 2 aromatic heterocycles. The lowest BCUT2D eigenvalue weighted by molar-refractivity contribution is -0.671. The molecule has 0 bridgehead atoms. The molecule has 0 saturated heterocycles. The maximum absolute atomic E-state index is 12.1. The molecule has 2 aromatic rings. The number of halogens is 1. The van der Waals surface area contributed by atoms with Gasteiger partial charge in [0.05, 0.1) is 0 Å². The first kappa shape index (κ1) is 26.4. The van der Waals surface area contributed by atoms with Gasteiger partial charge in [-0.1, -0.05) is 12.8 Å². The highest BCUT2D eigenvalue weighted by atomic mass is 79.9. The van der Waals surface area contributed by atoms with E-state index in [2.05, 4.69) is 0 Å². The topological polar surface area (TPSA) is 66.8 Å². The zero-order chi connectivity index (χ0) is 21.9. The van der Waals surface area contributed by atoms with E-state index >= 15 is 0 Å². The highest BCUT2D eigenvalue weighted by Crippen LogP contribution is 2.10. The fourth-order valence-corrected chi connectivity index (χ4v) is 2.83. The Balaban J connectivity index is 0.00000480. The Morgan fingerprint density at radius 1 is 0.774 bits per heavy atom. The van der Waals surface area contributed by atoms with Gasteiger partial charge in [0.1, 0.15) is 14.1 Å². The first-order valence-corrected chi connectivity index (χ1v) is 10.1. The first-order valence-electron chi connectivity index (χ1n) is 10.1. The van der Waals surface area contributed by atoms with E-state index in [4.69, 9.17) is 9.47 Å².